The number of H-pyrrole nitrogens is 1. The number of aliphatic hydroxyl groups excluding tert-OH is 1. The van der Waals surface area contributed by atoms with Crippen LogP contribution in [0, 0.1) is 11.7 Å². The average Bonchev–Trinajstić information content (AvgIpc) is 3.12. The molecule has 1 aromatic carbocycles. The van der Waals surface area contributed by atoms with Crippen LogP contribution in [0.5, 0.6) is 0 Å². The maximum Gasteiger partial charge on any atom is 0.220 e. The lowest BCUT2D eigenvalue weighted by molar-refractivity contribution is -0.121. The molecule has 0 spiro atoms. The molecular weight excluding hydrogens is 285 g/mol. The molecule has 3 rings (SSSR count). The number of fused-ring (bicyclic) bond motifs is 1. The normalized spacial score (nSPS) is 20.6. The fourth-order valence-electron chi connectivity index (χ4n) is 2.69. The number of nitrogens with one attached hydrogen (secondary N) is 2. The van der Waals surface area contributed by atoms with E-state index in [1.54, 1.807) is 12.1 Å². The number of rotatable bonds is 5. The number of carbonyl (C=O) groups excluding carboxylic acids is 1. The standard InChI is InChI=1S/C16H18FN3O2/c17-12-2-1-3-13-16(12)20-14(19-13)6-7-15(22)18-11-5-4-10(8-11)9-21/h1-5,10-11,21H,6-9H2,(H,18,22)(H,19,20)/t10-,11+/m0/s1. The molecule has 5 nitrogen and oxygen atoms in total. The molecule has 0 radical (unpaired) electrons. The highest BCUT2D eigenvalue weighted by Gasteiger charge is 2.19. The number of para-hydroxylation sites is 1. The number of amides is 1. The van der Waals surface area contributed by atoms with Gasteiger partial charge in [-0.15, -0.1) is 0 Å². The van der Waals surface area contributed by atoms with E-state index in [9.17, 15) is 9.18 Å². The predicted octanol–water partition coefficient (Wildman–Crippen LogP) is 1.69. The van der Waals surface area contributed by atoms with Gasteiger partial charge >= 0.3 is 0 Å². The smallest absolute Gasteiger partial charge is 0.220 e. The van der Waals surface area contributed by atoms with Crippen LogP contribution in [-0.2, 0) is 11.2 Å². The maximum absolute atomic E-state index is 13.5. The van der Waals surface area contributed by atoms with Gasteiger partial charge in [-0.2, -0.15) is 0 Å². The molecular formula is C16H18FN3O2. The molecule has 0 unspecified atom stereocenters. The Kier molecular flexibility index (Phi) is 4.20. The van der Waals surface area contributed by atoms with Gasteiger partial charge in [-0.05, 0) is 18.6 Å². The molecule has 116 valence electrons. The van der Waals surface area contributed by atoms with Crippen molar-refractivity contribution in [2.24, 2.45) is 5.92 Å². The van der Waals surface area contributed by atoms with E-state index in [1.807, 2.05) is 12.2 Å². The minimum Gasteiger partial charge on any atom is -0.396 e. The number of imidazole rings is 1. The minimum atomic E-state index is -0.365. The average molecular weight is 303 g/mol. The molecule has 1 heterocycles. The van der Waals surface area contributed by atoms with Gasteiger partial charge in [0.25, 0.3) is 0 Å². The number of aliphatic hydroxyl groups is 1. The van der Waals surface area contributed by atoms with Crippen molar-refractivity contribution in [3.63, 3.8) is 0 Å². The van der Waals surface area contributed by atoms with Crippen LogP contribution in [0.1, 0.15) is 18.7 Å². The minimum absolute atomic E-state index is 0.0160. The quantitative estimate of drug-likeness (QED) is 0.736. The number of benzene rings is 1. The number of aromatic nitrogens is 2. The summed E-state index contributed by atoms with van der Waals surface area (Å²) in [5.74, 6) is 0.291. The molecule has 22 heavy (non-hydrogen) atoms. The van der Waals surface area contributed by atoms with Gasteiger partial charge in [0.2, 0.25) is 5.91 Å². The number of hydrogen-bond acceptors (Lipinski definition) is 3. The molecule has 1 aliphatic rings. The molecule has 0 fully saturated rings. The molecule has 6 heteroatoms. The van der Waals surface area contributed by atoms with Gasteiger partial charge in [-0.1, -0.05) is 18.2 Å². The van der Waals surface area contributed by atoms with E-state index < -0.39 is 0 Å². The SMILES string of the molecule is O=C(CCc1nc2c(F)cccc2[nH]1)N[C@@H]1C=C[C@H](CO)C1. The molecule has 0 saturated carbocycles. The number of halogens is 1. The van der Waals surface area contributed by atoms with E-state index in [-0.39, 0.29) is 36.7 Å². The van der Waals surface area contributed by atoms with Gasteiger partial charge in [0, 0.05) is 31.4 Å². The molecule has 0 saturated heterocycles. The Balaban J connectivity index is 1.54. The molecule has 3 N–H and O–H groups in total. The molecule has 1 aromatic heterocycles. The summed E-state index contributed by atoms with van der Waals surface area (Å²) < 4.78 is 13.5. The van der Waals surface area contributed by atoms with E-state index in [2.05, 4.69) is 15.3 Å². The van der Waals surface area contributed by atoms with Crippen LogP contribution in [0.15, 0.2) is 30.4 Å². The highest BCUT2D eigenvalue weighted by molar-refractivity contribution is 5.78. The number of aromatic amines is 1. The third-order valence-corrected chi connectivity index (χ3v) is 3.85. The summed E-state index contributed by atoms with van der Waals surface area (Å²) in [6.07, 6.45) is 5.29. The van der Waals surface area contributed by atoms with E-state index in [0.717, 1.165) is 6.42 Å². The lowest BCUT2D eigenvalue weighted by atomic mass is 10.1. The van der Waals surface area contributed by atoms with Crippen molar-refractivity contribution in [2.45, 2.75) is 25.3 Å². The van der Waals surface area contributed by atoms with E-state index in [0.29, 0.717) is 23.3 Å². The van der Waals surface area contributed by atoms with Gasteiger partial charge in [0.05, 0.1) is 5.52 Å². The highest BCUT2D eigenvalue weighted by Crippen LogP contribution is 2.18. The van der Waals surface area contributed by atoms with E-state index in [1.165, 1.54) is 6.07 Å². The Morgan fingerprint density at radius 1 is 1.45 bits per heavy atom. The molecule has 2 atom stereocenters. The van der Waals surface area contributed by atoms with Gasteiger partial charge in [0.15, 0.2) is 5.82 Å². The van der Waals surface area contributed by atoms with Crippen molar-refractivity contribution in [2.75, 3.05) is 6.61 Å². The first-order valence-corrected chi connectivity index (χ1v) is 7.37. The van der Waals surface area contributed by atoms with E-state index in [4.69, 9.17) is 5.11 Å². The molecule has 0 bridgehead atoms. The summed E-state index contributed by atoms with van der Waals surface area (Å²) in [7, 11) is 0. The van der Waals surface area contributed by atoms with Gasteiger partial charge in [-0.25, -0.2) is 9.37 Å². The Bertz CT molecular complexity index is 710. The summed E-state index contributed by atoms with van der Waals surface area (Å²) in [6, 6.07) is 4.73. The number of aryl methyl sites for hydroxylation is 1. The van der Waals surface area contributed by atoms with Gasteiger partial charge in [0.1, 0.15) is 11.3 Å². The van der Waals surface area contributed by atoms with Crippen LogP contribution < -0.4 is 5.32 Å². The van der Waals surface area contributed by atoms with Gasteiger partial charge < -0.3 is 15.4 Å². The van der Waals surface area contributed by atoms with E-state index >= 15 is 0 Å². The maximum atomic E-state index is 13.5. The fourth-order valence-corrected chi connectivity index (χ4v) is 2.69. The van der Waals surface area contributed by atoms with Crippen molar-refractivity contribution in [1.29, 1.82) is 0 Å². The second-order valence-corrected chi connectivity index (χ2v) is 5.56. The Hall–Kier alpha value is -2.21. The molecule has 1 aliphatic carbocycles. The lowest BCUT2D eigenvalue weighted by Gasteiger charge is -2.12. The summed E-state index contributed by atoms with van der Waals surface area (Å²) in [6.45, 7) is 0.105. The molecule has 0 aliphatic heterocycles. The van der Waals surface area contributed by atoms with Crippen LogP contribution in [0.25, 0.3) is 11.0 Å². The zero-order chi connectivity index (χ0) is 15.5. The topological polar surface area (TPSA) is 78.0 Å². The third-order valence-electron chi connectivity index (χ3n) is 3.85. The third kappa shape index (κ3) is 3.17. The van der Waals surface area contributed by atoms with Crippen LogP contribution in [0.2, 0.25) is 0 Å². The number of carbonyl (C=O) groups is 1. The van der Waals surface area contributed by atoms with Crippen LogP contribution in [0.4, 0.5) is 4.39 Å². The zero-order valence-electron chi connectivity index (χ0n) is 12.1. The van der Waals surface area contributed by atoms with Crippen molar-refractivity contribution in [1.82, 2.24) is 15.3 Å². The largest absolute Gasteiger partial charge is 0.396 e. The first kappa shape index (κ1) is 14.7. The lowest BCUT2D eigenvalue weighted by Crippen LogP contribution is -2.33. The van der Waals surface area contributed by atoms with Crippen LogP contribution >= 0.6 is 0 Å². The zero-order valence-corrected chi connectivity index (χ0v) is 12.1. The highest BCUT2D eigenvalue weighted by atomic mass is 19.1. The molecule has 1 amide bonds. The number of nitrogens with zero attached hydrogens (tertiary/aromatic N) is 1. The fraction of sp³-hybridized carbons (Fsp3) is 0.375. The van der Waals surface area contributed by atoms with Crippen molar-refractivity contribution in [3.05, 3.63) is 42.0 Å². The second kappa shape index (κ2) is 6.27. The second-order valence-electron chi connectivity index (χ2n) is 5.56. The Labute approximate surface area is 127 Å². The first-order valence-electron chi connectivity index (χ1n) is 7.37. The van der Waals surface area contributed by atoms with Crippen LogP contribution in [-0.4, -0.2) is 33.6 Å². The van der Waals surface area contributed by atoms with Crippen LogP contribution in [0.3, 0.4) is 0 Å². The summed E-state index contributed by atoms with van der Waals surface area (Å²) >= 11 is 0. The first-order chi connectivity index (χ1) is 10.7. The predicted molar refractivity (Wildman–Crippen MR) is 80.6 cm³/mol. The molecule has 2 aromatic rings. The van der Waals surface area contributed by atoms with Gasteiger partial charge in [-0.3, -0.25) is 4.79 Å². The summed E-state index contributed by atoms with van der Waals surface area (Å²) in [5, 5.41) is 12.0. The van der Waals surface area contributed by atoms with Crippen molar-refractivity contribution < 1.29 is 14.3 Å². The monoisotopic (exact) mass is 303 g/mol. The Morgan fingerprint density at radius 2 is 2.32 bits per heavy atom. The number of hydrogen-bond donors (Lipinski definition) is 3. The summed E-state index contributed by atoms with van der Waals surface area (Å²) in [5.41, 5.74) is 0.947. The summed E-state index contributed by atoms with van der Waals surface area (Å²) in [4.78, 5) is 19.1. The Morgan fingerprint density at radius 3 is 3.05 bits per heavy atom. The van der Waals surface area contributed by atoms with Crippen molar-refractivity contribution in [3.8, 4) is 0 Å². The van der Waals surface area contributed by atoms with Crippen molar-refractivity contribution >= 4 is 16.9 Å².